The van der Waals surface area contributed by atoms with Crippen LogP contribution < -0.4 is 11.3 Å². The Labute approximate surface area is 111 Å². The van der Waals surface area contributed by atoms with E-state index in [1.165, 1.54) is 4.68 Å². The minimum atomic E-state index is -1.13. The van der Waals surface area contributed by atoms with E-state index in [2.05, 4.69) is 20.3 Å². The maximum atomic E-state index is 11.7. The van der Waals surface area contributed by atoms with Crippen molar-refractivity contribution >= 4 is 17.1 Å². The smallest absolute Gasteiger partial charge is 0.282 e. The fourth-order valence-electron chi connectivity index (χ4n) is 2.60. The van der Waals surface area contributed by atoms with Gasteiger partial charge in [-0.15, -0.1) is 5.10 Å². The number of nitrogens with two attached hydrogens (primary N) is 1. The first-order valence-electron chi connectivity index (χ1n) is 6.10. The topological polar surface area (TPSA) is 163 Å². The molecule has 1 aliphatic rings. The summed E-state index contributed by atoms with van der Waals surface area (Å²) in [5.74, 6) is -0.550. The van der Waals surface area contributed by atoms with Gasteiger partial charge in [0.1, 0.15) is 6.10 Å². The van der Waals surface area contributed by atoms with E-state index in [0.717, 1.165) is 0 Å². The number of rotatable bonds is 2. The highest BCUT2D eigenvalue weighted by molar-refractivity contribution is 5.69. The van der Waals surface area contributed by atoms with Gasteiger partial charge in [0.15, 0.2) is 11.2 Å². The van der Waals surface area contributed by atoms with Crippen LogP contribution in [0.3, 0.4) is 0 Å². The first-order valence-corrected chi connectivity index (χ1v) is 6.10. The highest BCUT2D eigenvalue weighted by Gasteiger charge is 2.43. The average molecular weight is 282 g/mol. The van der Waals surface area contributed by atoms with Gasteiger partial charge in [-0.05, 0) is 6.42 Å². The van der Waals surface area contributed by atoms with Crippen molar-refractivity contribution < 1.29 is 15.3 Å². The molecule has 0 aromatic carbocycles. The zero-order valence-corrected chi connectivity index (χ0v) is 10.3. The third-order valence-corrected chi connectivity index (χ3v) is 3.67. The molecule has 1 fully saturated rings. The van der Waals surface area contributed by atoms with Gasteiger partial charge >= 0.3 is 0 Å². The van der Waals surface area contributed by atoms with Crippen LogP contribution in [-0.4, -0.2) is 59.1 Å². The quantitative estimate of drug-likeness (QED) is 0.399. The number of fused-ring (bicyclic) bond motifs is 1. The van der Waals surface area contributed by atoms with Gasteiger partial charge in [0.25, 0.3) is 5.56 Å². The van der Waals surface area contributed by atoms with E-state index in [0.29, 0.717) is 6.42 Å². The lowest BCUT2D eigenvalue weighted by molar-refractivity contribution is -0.00511. The molecule has 0 amide bonds. The molecule has 1 aliphatic carbocycles. The van der Waals surface area contributed by atoms with Crippen molar-refractivity contribution in [3.63, 3.8) is 0 Å². The standard InChI is InChI=1S/C10H14N6O4/c11-10-12-8-5(9(20)13-10)14-15-16(8)4-1-3(2-17)6(18)7(4)19/h3-4,6-7,17-19H,1-2H2,(H3,11,12,13,20)/t3-,4-,6?,7+/m1/s1. The van der Waals surface area contributed by atoms with Crippen molar-refractivity contribution in [1.29, 1.82) is 0 Å². The molecular formula is C10H14N6O4. The zero-order valence-electron chi connectivity index (χ0n) is 10.3. The molecule has 2 heterocycles. The van der Waals surface area contributed by atoms with Crippen molar-refractivity contribution in [3.05, 3.63) is 10.4 Å². The maximum Gasteiger partial charge on any atom is 0.282 e. The summed E-state index contributed by atoms with van der Waals surface area (Å²) in [6.07, 6.45) is -1.89. The van der Waals surface area contributed by atoms with E-state index in [9.17, 15) is 15.0 Å². The molecule has 0 radical (unpaired) electrons. The van der Waals surface area contributed by atoms with Crippen LogP contribution in [0.15, 0.2) is 4.79 Å². The first kappa shape index (κ1) is 13.0. The zero-order chi connectivity index (χ0) is 14.4. The average Bonchev–Trinajstić information content (AvgIpc) is 2.93. The summed E-state index contributed by atoms with van der Waals surface area (Å²) < 4.78 is 1.27. The molecule has 6 N–H and O–H groups in total. The molecule has 20 heavy (non-hydrogen) atoms. The lowest BCUT2D eigenvalue weighted by atomic mass is 10.1. The number of nitrogen functional groups attached to an aromatic ring is 1. The van der Waals surface area contributed by atoms with Crippen molar-refractivity contribution in [3.8, 4) is 0 Å². The van der Waals surface area contributed by atoms with Crippen molar-refractivity contribution in [1.82, 2.24) is 25.0 Å². The molecule has 2 aromatic heterocycles. The fourth-order valence-corrected chi connectivity index (χ4v) is 2.60. The molecule has 0 saturated heterocycles. The SMILES string of the molecule is Nc1nc2c(nnn2[C@@H]2C[C@H](CO)C(O)[C@H]2O)c(=O)[nH]1. The molecule has 10 heteroatoms. The van der Waals surface area contributed by atoms with Crippen LogP contribution in [0, 0.1) is 5.92 Å². The van der Waals surface area contributed by atoms with Crippen LogP contribution in [-0.2, 0) is 0 Å². The van der Waals surface area contributed by atoms with Gasteiger partial charge < -0.3 is 21.1 Å². The number of aromatic nitrogens is 5. The summed E-state index contributed by atoms with van der Waals surface area (Å²) in [6, 6.07) is -0.624. The molecule has 0 spiro atoms. The molecule has 0 bridgehead atoms. The Balaban J connectivity index is 2.09. The van der Waals surface area contributed by atoms with Crippen LogP contribution in [0.25, 0.3) is 11.2 Å². The molecule has 4 atom stereocenters. The number of nitrogens with zero attached hydrogens (tertiary/aromatic N) is 4. The number of hydrogen-bond donors (Lipinski definition) is 5. The summed E-state index contributed by atoms with van der Waals surface area (Å²) in [5, 5.41) is 36.5. The molecule has 1 unspecified atom stereocenters. The third-order valence-electron chi connectivity index (χ3n) is 3.67. The van der Waals surface area contributed by atoms with Crippen molar-refractivity contribution in [2.45, 2.75) is 24.7 Å². The number of nitrogens with one attached hydrogen (secondary N) is 1. The first-order chi connectivity index (χ1) is 9.52. The van der Waals surface area contributed by atoms with Gasteiger partial charge in [-0.25, -0.2) is 4.68 Å². The summed E-state index contributed by atoms with van der Waals surface area (Å²) in [7, 11) is 0. The second kappa shape index (κ2) is 4.51. The van der Waals surface area contributed by atoms with E-state index >= 15 is 0 Å². The second-order valence-corrected chi connectivity index (χ2v) is 4.88. The number of anilines is 1. The monoisotopic (exact) mass is 282 g/mol. The Morgan fingerprint density at radius 1 is 1.40 bits per heavy atom. The summed E-state index contributed by atoms with van der Waals surface area (Å²) in [6.45, 7) is -0.252. The third kappa shape index (κ3) is 1.77. The van der Waals surface area contributed by atoms with E-state index in [-0.39, 0.29) is 23.7 Å². The minimum absolute atomic E-state index is 0.00772. The Morgan fingerprint density at radius 2 is 2.15 bits per heavy atom. The number of aliphatic hydroxyl groups excluding tert-OH is 3. The number of aliphatic hydroxyl groups is 3. The van der Waals surface area contributed by atoms with E-state index in [1.807, 2.05) is 0 Å². The molecule has 108 valence electrons. The van der Waals surface area contributed by atoms with Crippen molar-refractivity contribution in [2.24, 2.45) is 5.92 Å². The molecular weight excluding hydrogens is 268 g/mol. The molecule has 2 aromatic rings. The maximum absolute atomic E-state index is 11.7. The van der Waals surface area contributed by atoms with Crippen LogP contribution >= 0.6 is 0 Å². The lowest BCUT2D eigenvalue weighted by Crippen LogP contribution is -2.31. The largest absolute Gasteiger partial charge is 0.396 e. The van der Waals surface area contributed by atoms with Gasteiger partial charge in [-0.2, -0.15) is 4.98 Å². The predicted molar refractivity (Wildman–Crippen MR) is 66.6 cm³/mol. The number of H-pyrrole nitrogens is 1. The van der Waals surface area contributed by atoms with Crippen LogP contribution in [0.1, 0.15) is 12.5 Å². The van der Waals surface area contributed by atoms with Gasteiger partial charge in [0, 0.05) is 12.5 Å². The Hall–Kier alpha value is -2.04. The summed E-state index contributed by atoms with van der Waals surface area (Å²) in [5.41, 5.74) is 5.10. The number of hydrogen-bond acceptors (Lipinski definition) is 8. The normalized spacial score (nSPS) is 30.1. The fraction of sp³-hybridized carbons (Fsp3) is 0.600. The number of aromatic amines is 1. The van der Waals surface area contributed by atoms with Gasteiger partial charge in [-0.3, -0.25) is 9.78 Å². The second-order valence-electron chi connectivity index (χ2n) is 4.88. The highest BCUT2D eigenvalue weighted by Crippen LogP contribution is 2.35. The van der Waals surface area contributed by atoms with Gasteiger partial charge in [-0.1, -0.05) is 5.21 Å². The van der Waals surface area contributed by atoms with Gasteiger partial charge in [0.05, 0.1) is 12.1 Å². The summed E-state index contributed by atoms with van der Waals surface area (Å²) >= 11 is 0. The van der Waals surface area contributed by atoms with Crippen LogP contribution in [0.2, 0.25) is 0 Å². The molecule has 10 nitrogen and oxygen atoms in total. The predicted octanol–water partition coefficient (Wildman–Crippen LogP) is -2.63. The minimum Gasteiger partial charge on any atom is -0.396 e. The van der Waals surface area contributed by atoms with Crippen LogP contribution in [0.5, 0.6) is 0 Å². The van der Waals surface area contributed by atoms with Gasteiger partial charge in [0.2, 0.25) is 5.95 Å². The Bertz CT molecular complexity index is 697. The van der Waals surface area contributed by atoms with E-state index in [1.54, 1.807) is 0 Å². The lowest BCUT2D eigenvalue weighted by Gasteiger charge is -2.16. The van der Waals surface area contributed by atoms with Crippen molar-refractivity contribution in [2.75, 3.05) is 12.3 Å². The Morgan fingerprint density at radius 3 is 2.80 bits per heavy atom. The van der Waals surface area contributed by atoms with E-state index in [4.69, 9.17) is 10.8 Å². The van der Waals surface area contributed by atoms with Crippen LogP contribution in [0.4, 0.5) is 5.95 Å². The molecule has 0 aliphatic heterocycles. The highest BCUT2D eigenvalue weighted by atomic mass is 16.3. The van der Waals surface area contributed by atoms with E-state index < -0.39 is 29.7 Å². The molecule has 1 saturated carbocycles. The summed E-state index contributed by atoms with van der Waals surface area (Å²) in [4.78, 5) is 17.9. The molecule has 3 rings (SSSR count). The Kier molecular flexibility index (Phi) is 2.92.